The minimum Gasteiger partial charge on any atom is -0.352 e. The summed E-state index contributed by atoms with van der Waals surface area (Å²) >= 11 is 0. The molecule has 0 saturated carbocycles. The van der Waals surface area contributed by atoms with Crippen LogP contribution in [-0.2, 0) is 6.54 Å². The zero-order valence-corrected chi connectivity index (χ0v) is 8.49. The van der Waals surface area contributed by atoms with Gasteiger partial charge in [-0.1, -0.05) is 0 Å². The first-order valence-electron chi connectivity index (χ1n) is 4.65. The van der Waals surface area contributed by atoms with Crippen molar-refractivity contribution in [1.82, 2.24) is 20.2 Å². The SMILES string of the molecule is NC(=O)NCCNCc1nccn1C(F)F. The first-order chi connectivity index (χ1) is 7.61. The molecule has 0 unspecified atom stereocenters. The molecule has 16 heavy (non-hydrogen) atoms. The summed E-state index contributed by atoms with van der Waals surface area (Å²) < 4.78 is 25.5. The van der Waals surface area contributed by atoms with Gasteiger partial charge in [0, 0.05) is 25.5 Å². The van der Waals surface area contributed by atoms with Crippen LogP contribution in [0.4, 0.5) is 13.6 Å². The molecule has 1 rings (SSSR count). The minimum atomic E-state index is -2.59. The van der Waals surface area contributed by atoms with E-state index in [-0.39, 0.29) is 12.4 Å². The van der Waals surface area contributed by atoms with Crippen molar-refractivity contribution >= 4 is 6.03 Å². The molecule has 6 nitrogen and oxygen atoms in total. The molecule has 8 heteroatoms. The second kappa shape index (κ2) is 6.01. The number of alkyl halides is 2. The molecule has 0 aliphatic rings. The molecule has 1 heterocycles. The van der Waals surface area contributed by atoms with Gasteiger partial charge in [0.15, 0.2) is 0 Å². The number of rotatable bonds is 6. The van der Waals surface area contributed by atoms with Gasteiger partial charge in [-0.15, -0.1) is 0 Å². The Morgan fingerprint density at radius 3 is 2.94 bits per heavy atom. The highest BCUT2D eigenvalue weighted by Crippen LogP contribution is 2.11. The third-order valence-electron chi connectivity index (χ3n) is 1.84. The molecule has 0 radical (unpaired) electrons. The Morgan fingerprint density at radius 2 is 2.31 bits per heavy atom. The van der Waals surface area contributed by atoms with Crippen LogP contribution in [0.25, 0.3) is 0 Å². The maximum Gasteiger partial charge on any atom is 0.319 e. The van der Waals surface area contributed by atoms with Crippen LogP contribution >= 0.6 is 0 Å². The van der Waals surface area contributed by atoms with Crippen LogP contribution in [0, 0.1) is 0 Å². The Labute approximate surface area is 90.8 Å². The minimum absolute atomic E-state index is 0.206. The van der Waals surface area contributed by atoms with E-state index in [0.29, 0.717) is 13.1 Å². The number of hydrogen-bond donors (Lipinski definition) is 3. The lowest BCUT2D eigenvalue weighted by Crippen LogP contribution is -2.35. The highest BCUT2D eigenvalue weighted by molar-refractivity contribution is 5.71. The summed E-state index contributed by atoms with van der Waals surface area (Å²) in [5, 5.41) is 5.22. The smallest absolute Gasteiger partial charge is 0.319 e. The van der Waals surface area contributed by atoms with Crippen LogP contribution in [-0.4, -0.2) is 28.7 Å². The van der Waals surface area contributed by atoms with Crippen LogP contribution in [0.2, 0.25) is 0 Å². The third kappa shape index (κ3) is 3.81. The fourth-order valence-electron chi connectivity index (χ4n) is 1.13. The van der Waals surface area contributed by atoms with Crippen molar-refractivity contribution < 1.29 is 13.6 Å². The van der Waals surface area contributed by atoms with Crippen molar-refractivity contribution in [3.05, 3.63) is 18.2 Å². The first kappa shape index (κ1) is 12.4. The Kier molecular flexibility index (Phi) is 4.65. The van der Waals surface area contributed by atoms with Crippen LogP contribution in [0.1, 0.15) is 12.4 Å². The van der Waals surface area contributed by atoms with E-state index in [1.165, 1.54) is 12.4 Å². The summed E-state index contributed by atoms with van der Waals surface area (Å²) in [5.74, 6) is 0.245. The van der Waals surface area contributed by atoms with Crippen LogP contribution in [0.3, 0.4) is 0 Å². The molecule has 1 aromatic rings. The largest absolute Gasteiger partial charge is 0.352 e. The molecule has 2 amide bonds. The molecule has 90 valence electrons. The summed E-state index contributed by atoms with van der Waals surface area (Å²) in [6.07, 6.45) is 2.52. The van der Waals surface area contributed by atoms with E-state index in [0.717, 1.165) is 4.57 Å². The lowest BCUT2D eigenvalue weighted by Gasteiger charge is -2.07. The summed E-state index contributed by atoms with van der Waals surface area (Å²) in [6, 6.07) is -0.615. The highest BCUT2D eigenvalue weighted by Gasteiger charge is 2.10. The van der Waals surface area contributed by atoms with Crippen molar-refractivity contribution in [3.63, 3.8) is 0 Å². The number of halogens is 2. The van der Waals surface area contributed by atoms with Gasteiger partial charge in [-0.3, -0.25) is 4.57 Å². The van der Waals surface area contributed by atoms with Gasteiger partial charge in [-0.05, 0) is 0 Å². The quantitative estimate of drug-likeness (QED) is 0.606. The van der Waals surface area contributed by atoms with E-state index < -0.39 is 12.6 Å². The topological polar surface area (TPSA) is 85.0 Å². The standard InChI is InChI=1S/C8H13F2N5O/c9-7(10)15-4-3-13-6(15)5-12-1-2-14-8(11)16/h3-4,7,12H,1-2,5H2,(H3,11,14,16). The second-order valence-electron chi connectivity index (χ2n) is 3.00. The van der Waals surface area contributed by atoms with Crippen LogP contribution in [0.5, 0.6) is 0 Å². The Balaban J connectivity index is 2.26. The summed E-state index contributed by atoms with van der Waals surface area (Å²) in [7, 11) is 0. The molecular weight excluding hydrogens is 220 g/mol. The van der Waals surface area contributed by atoms with Gasteiger partial charge in [0.25, 0.3) is 0 Å². The zero-order valence-electron chi connectivity index (χ0n) is 8.49. The van der Waals surface area contributed by atoms with Gasteiger partial charge >= 0.3 is 12.6 Å². The number of primary amides is 1. The predicted molar refractivity (Wildman–Crippen MR) is 52.8 cm³/mol. The van der Waals surface area contributed by atoms with Crippen molar-refractivity contribution in [2.75, 3.05) is 13.1 Å². The lowest BCUT2D eigenvalue weighted by molar-refractivity contribution is 0.0666. The molecule has 4 N–H and O–H groups in total. The van der Waals surface area contributed by atoms with Gasteiger partial charge in [0.05, 0.1) is 6.54 Å². The molecule has 0 bridgehead atoms. The number of imidazole rings is 1. The molecule has 0 aromatic carbocycles. The summed E-state index contributed by atoms with van der Waals surface area (Å²) in [6.45, 7) is -1.62. The van der Waals surface area contributed by atoms with E-state index in [1.54, 1.807) is 0 Å². The number of nitrogens with one attached hydrogen (secondary N) is 2. The van der Waals surface area contributed by atoms with Crippen molar-refractivity contribution in [2.24, 2.45) is 5.73 Å². The van der Waals surface area contributed by atoms with E-state index >= 15 is 0 Å². The molecular formula is C8H13F2N5O. The maximum atomic E-state index is 12.4. The Hall–Kier alpha value is -1.70. The molecule has 0 spiro atoms. The number of carbonyl (C=O) groups excluding carboxylic acids is 1. The van der Waals surface area contributed by atoms with Crippen LogP contribution < -0.4 is 16.4 Å². The number of nitrogens with two attached hydrogens (primary N) is 1. The fraction of sp³-hybridized carbons (Fsp3) is 0.500. The number of urea groups is 1. The lowest BCUT2D eigenvalue weighted by atomic mass is 10.5. The Bertz CT molecular complexity index is 341. The van der Waals surface area contributed by atoms with Gasteiger partial charge in [-0.25, -0.2) is 9.78 Å². The molecule has 0 saturated heterocycles. The van der Waals surface area contributed by atoms with Gasteiger partial charge in [0.2, 0.25) is 0 Å². The van der Waals surface area contributed by atoms with Crippen LogP contribution in [0.15, 0.2) is 12.4 Å². The zero-order chi connectivity index (χ0) is 12.0. The predicted octanol–water partition coefficient (Wildman–Crippen LogP) is 0.0361. The normalized spacial score (nSPS) is 10.7. The van der Waals surface area contributed by atoms with E-state index in [9.17, 15) is 13.6 Å². The van der Waals surface area contributed by atoms with Gasteiger partial charge in [-0.2, -0.15) is 8.78 Å². The average Bonchev–Trinajstić information content (AvgIpc) is 2.65. The van der Waals surface area contributed by atoms with Gasteiger partial charge < -0.3 is 16.4 Å². The van der Waals surface area contributed by atoms with E-state index in [1.807, 2.05) is 0 Å². The summed E-state index contributed by atoms with van der Waals surface area (Å²) in [5.41, 5.74) is 4.84. The number of amides is 2. The number of hydrogen-bond acceptors (Lipinski definition) is 3. The van der Waals surface area contributed by atoms with Crippen molar-refractivity contribution in [1.29, 1.82) is 0 Å². The first-order valence-corrected chi connectivity index (χ1v) is 4.65. The number of aromatic nitrogens is 2. The van der Waals surface area contributed by atoms with E-state index in [2.05, 4.69) is 15.6 Å². The fourth-order valence-corrected chi connectivity index (χ4v) is 1.13. The monoisotopic (exact) mass is 233 g/mol. The Morgan fingerprint density at radius 1 is 1.56 bits per heavy atom. The molecule has 0 aliphatic carbocycles. The molecule has 0 aliphatic heterocycles. The number of carbonyl (C=O) groups is 1. The second-order valence-corrected chi connectivity index (χ2v) is 3.00. The molecule has 0 atom stereocenters. The molecule has 1 aromatic heterocycles. The van der Waals surface area contributed by atoms with Crippen molar-refractivity contribution in [2.45, 2.75) is 13.1 Å². The maximum absolute atomic E-state index is 12.4. The van der Waals surface area contributed by atoms with E-state index in [4.69, 9.17) is 5.73 Å². The summed E-state index contributed by atoms with van der Waals surface area (Å²) in [4.78, 5) is 14.1. The third-order valence-corrected chi connectivity index (χ3v) is 1.84. The molecule has 0 fully saturated rings. The highest BCUT2D eigenvalue weighted by atomic mass is 19.3. The average molecular weight is 233 g/mol. The van der Waals surface area contributed by atoms with Gasteiger partial charge in [0.1, 0.15) is 5.82 Å². The number of nitrogens with zero attached hydrogens (tertiary/aromatic N) is 2. The van der Waals surface area contributed by atoms with Crippen molar-refractivity contribution in [3.8, 4) is 0 Å².